The third kappa shape index (κ3) is 3.42. The number of halogens is 1. The lowest BCUT2D eigenvalue weighted by atomic mass is 10.1. The number of benzene rings is 2. The van der Waals surface area contributed by atoms with E-state index in [1.807, 2.05) is 18.2 Å². The SMILES string of the molecule is Cc1cc(S(=O)(=O)N2CCNCC2c2ccccc2Cl)ccc1C#N. The molecule has 1 aliphatic heterocycles. The van der Waals surface area contributed by atoms with Crippen molar-refractivity contribution in [2.24, 2.45) is 0 Å². The molecule has 0 saturated carbocycles. The monoisotopic (exact) mass is 375 g/mol. The summed E-state index contributed by atoms with van der Waals surface area (Å²) >= 11 is 6.30. The van der Waals surface area contributed by atoms with Crippen LogP contribution in [0.4, 0.5) is 0 Å². The molecule has 25 heavy (non-hydrogen) atoms. The van der Waals surface area contributed by atoms with Gasteiger partial charge in [-0.3, -0.25) is 0 Å². The molecule has 1 N–H and O–H groups in total. The number of nitrogens with one attached hydrogen (secondary N) is 1. The van der Waals surface area contributed by atoms with E-state index in [0.717, 1.165) is 5.56 Å². The maximum absolute atomic E-state index is 13.2. The zero-order valence-electron chi connectivity index (χ0n) is 13.7. The Hall–Kier alpha value is -1.91. The van der Waals surface area contributed by atoms with Crippen LogP contribution in [-0.2, 0) is 10.0 Å². The molecule has 130 valence electrons. The maximum atomic E-state index is 13.2. The average Bonchev–Trinajstić information content (AvgIpc) is 2.62. The highest BCUT2D eigenvalue weighted by atomic mass is 35.5. The Morgan fingerprint density at radius 2 is 2.04 bits per heavy atom. The molecule has 0 spiro atoms. The van der Waals surface area contributed by atoms with E-state index >= 15 is 0 Å². The maximum Gasteiger partial charge on any atom is 0.243 e. The molecule has 7 heteroatoms. The largest absolute Gasteiger partial charge is 0.313 e. The minimum absolute atomic E-state index is 0.197. The summed E-state index contributed by atoms with van der Waals surface area (Å²) in [4.78, 5) is 0.197. The van der Waals surface area contributed by atoms with Crippen LogP contribution in [0.2, 0.25) is 5.02 Å². The van der Waals surface area contributed by atoms with Crippen LogP contribution < -0.4 is 5.32 Å². The van der Waals surface area contributed by atoms with Crippen molar-refractivity contribution < 1.29 is 8.42 Å². The molecule has 0 bridgehead atoms. The van der Waals surface area contributed by atoms with Gasteiger partial charge in [0.2, 0.25) is 10.0 Å². The Kier molecular flexibility index (Phi) is 5.11. The molecule has 0 aliphatic carbocycles. The normalized spacial score (nSPS) is 18.7. The quantitative estimate of drug-likeness (QED) is 0.895. The number of nitrogens with zero attached hydrogens (tertiary/aromatic N) is 2. The summed E-state index contributed by atoms with van der Waals surface area (Å²) in [5, 5.41) is 12.8. The van der Waals surface area contributed by atoms with Crippen LogP contribution in [0.15, 0.2) is 47.4 Å². The molecule has 5 nitrogen and oxygen atoms in total. The van der Waals surface area contributed by atoms with Gasteiger partial charge in [-0.2, -0.15) is 9.57 Å². The fourth-order valence-corrected chi connectivity index (χ4v) is 4.99. The molecule has 1 unspecified atom stereocenters. The third-order valence-electron chi connectivity index (χ3n) is 4.38. The second-order valence-corrected chi connectivity index (χ2v) is 8.24. The average molecular weight is 376 g/mol. The molecule has 0 radical (unpaired) electrons. The van der Waals surface area contributed by atoms with Crippen LogP contribution in [0.5, 0.6) is 0 Å². The highest BCUT2D eigenvalue weighted by Crippen LogP contribution is 2.33. The molecule has 0 amide bonds. The topological polar surface area (TPSA) is 73.2 Å². The van der Waals surface area contributed by atoms with E-state index < -0.39 is 10.0 Å². The van der Waals surface area contributed by atoms with E-state index in [1.165, 1.54) is 10.4 Å². The molecular formula is C18H18ClN3O2S. The van der Waals surface area contributed by atoms with Crippen molar-refractivity contribution in [1.82, 2.24) is 9.62 Å². The predicted octanol–water partition coefficient (Wildman–Crippen LogP) is 2.86. The second kappa shape index (κ2) is 7.14. The van der Waals surface area contributed by atoms with Crippen LogP contribution in [0.1, 0.15) is 22.7 Å². The lowest BCUT2D eigenvalue weighted by Gasteiger charge is -2.36. The number of aryl methyl sites for hydroxylation is 1. The van der Waals surface area contributed by atoms with Gasteiger partial charge in [0.25, 0.3) is 0 Å². The fraction of sp³-hybridized carbons (Fsp3) is 0.278. The van der Waals surface area contributed by atoms with E-state index in [-0.39, 0.29) is 10.9 Å². The summed E-state index contributed by atoms with van der Waals surface area (Å²) < 4.78 is 27.9. The van der Waals surface area contributed by atoms with Crippen LogP contribution >= 0.6 is 11.6 Å². The summed E-state index contributed by atoms with van der Waals surface area (Å²) in [6, 6.07) is 13.6. The first kappa shape index (κ1) is 17.9. The van der Waals surface area contributed by atoms with E-state index in [1.54, 1.807) is 25.1 Å². The van der Waals surface area contributed by atoms with E-state index in [9.17, 15) is 8.42 Å². The van der Waals surface area contributed by atoms with Gasteiger partial charge in [-0.1, -0.05) is 29.8 Å². The first-order valence-corrected chi connectivity index (χ1v) is 9.74. The minimum Gasteiger partial charge on any atom is -0.313 e. The molecule has 1 aliphatic rings. The Morgan fingerprint density at radius 3 is 2.72 bits per heavy atom. The molecule has 1 saturated heterocycles. The van der Waals surface area contributed by atoms with Crippen LogP contribution in [0.25, 0.3) is 0 Å². The third-order valence-corrected chi connectivity index (χ3v) is 6.63. The van der Waals surface area contributed by atoms with Crippen molar-refractivity contribution in [2.45, 2.75) is 17.9 Å². The smallest absolute Gasteiger partial charge is 0.243 e. The Labute approximate surface area is 152 Å². The zero-order valence-corrected chi connectivity index (χ0v) is 15.3. The molecule has 1 heterocycles. The van der Waals surface area contributed by atoms with Gasteiger partial charge in [0.1, 0.15) is 0 Å². The van der Waals surface area contributed by atoms with Gasteiger partial charge in [0.15, 0.2) is 0 Å². The van der Waals surface area contributed by atoms with Crippen molar-refractivity contribution in [3.8, 4) is 6.07 Å². The molecule has 2 aromatic rings. The highest BCUT2D eigenvalue weighted by molar-refractivity contribution is 7.89. The first-order valence-electron chi connectivity index (χ1n) is 7.93. The number of hydrogen-bond acceptors (Lipinski definition) is 4. The van der Waals surface area contributed by atoms with Gasteiger partial charge >= 0.3 is 0 Å². The lowest BCUT2D eigenvalue weighted by molar-refractivity contribution is 0.271. The lowest BCUT2D eigenvalue weighted by Crippen LogP contribution is -2.48. The van der Waals surface area contributed by atoms with Gasteiger partial charge in [-0.25, -0.2) is 8.42 Å². The molecule has 0 aromatic heterocycles. The summed E-state index contributed by atoms with van der Waals surface area (Å²) in [6.45, 7) is 3.17. The Morgan fingerprint density at radius 1 is 1.28 bits per heavy atom. The molecular weight excluding hydrogens is 358 g/mol. The number of sulfonamides is 1. The molecule has 1 fully saturated rings. The number of hydrogen-bond donors (Lipinski definition) is 1. The highest BCUT2D eigenvalue weighted by Gasteiger charge is 2.35. The van der Waals surface area contributed by atoms with E-state index in [2.05, 4.69) is 11.4 Å². The van der Waals surface area contributed by atoms with Crippen molar-refractivity contribution in [2.75, 3.05) is 19.6 Å². The Balaban J connectivity index is 2.04. The van der Waals surface area contributed by atoms with Crippen LogP contribution in [0, 0.1) is 18.3 Å². The fourth-order valence-electron chi connectivity index (χ4n) is 3.04. The number of rotatable bonds is 3. The van der Waals surface area contributed by atoms with Gasteiger partial charge in [-0.15, -0.1) is 0 Å². The number of nitriles is 1. The van der Waals surface area contributed by atoms with Crippen LogP contribution in [-0.4, -0.2) is 32.4 Å². The standard InChI is InChI=1S/C18H18ClN3O2S/c1-13-10-15(7-6-14(13)11-20)25(23,24)22-9-8-21-12-18(22)16-4-2-3-5-17(16)19/h2-7,10,18,21H,8-9,12H2,1H3. The van der Waals surface area contributed by atoms with Crippen molar-refractivity contribution in [3.63, 3.8) is 0 Å². The Bertz CT molecular complexity index is 938. The van der Waals surface area contributed by atoms with E-state index in [0.29, 0.717) is 35.8 Å². The van der Waals surface area contributed by atoms with Gasteiger partial charge < -0.3 is 5.32 Å². The zero-order chi connectivity index (χ0) is 18.0. The second-order valence-electron chi connectivity index (χ2n) is 5.95. The summed E-state index contributed by atoms with van der Waals surface area (Å²) in [5.74, 6) is 0. The molecule has 3 rings (SSSR count). The predicted molar refractivity (Wildman–Crippen MR) is 96.8 cm³/mol. The van der Waals surface area contributed by atoms with Gasteiger partial charge in [0.05, 0.1) is 22.6 Å². The van der Waals surface area contributed by atoms with Crippen LogP contribution in [0.3, 0.4) is 0 Å². The van der Waals surface area contributed by atoms with Crippen molar-refractivity contribution in [1.29, 1.82) is 5.26 Å². The summed E-state index contributed by atoms with van der Waals surface area (Å²) in [5.41, 5.74) is 1.90. The van der Waals surface area contributed by atoms with Crippen molar-refractivity contribution in [3.05, 3.63) is 64.2 Å². The van der Waals surface area contributed by atoms with Gasteiger partial charge in [-0.05, 0) is 42.3 Å². The molecule has 2 aromatic carbocycles. The number of piperazine rings is 1. The van der Waals surface area contributed by atoms with E-state index in [4.69, 9.17) is 16.9 Å². The summed E-state index contributed by atoms with van der Waals surface area (Å²) in [6.07, 6.45) is 0. The first-order chi connectivity index (χ1) is 11.9. The summed E-state index contributed by atoms with van der Waals surface area (Å²) in [7, 11) is -3.70. The molecule has 1 atom stereocenters. The van der Waals surface area contributed by atoms with Crippen molar-refractivity contribution >= 4 is 21.6 Å². The minimum atomic E-state index is -3.70. The van der Waals surface area contributed by atoms with Gasteiger partial charge in [0, 0.05) is 24.7 Å².